The molecule has 0 radical (unpaired) electrons. The monoisotopic (exact) mass is 494 g/mol. The molecule has 8 nitrogen and oxygen atoms in total. The third-order valence-electron chi connectivity index (χ3n) is 6.59. The number of nitrogens with one attached hydrogen (secondary N) is 1. The Balaban J connectivity index is 1.51. The van der Waals surface area contributed by atoms with Crippen molar-refractivity contribution in [2.75, 3.05) is 7.11 Å². The molecule has 1 atom stereocenters. The van der Waals surface area contributed by atoms with Gasteiger partial charge in [-0.05, 0) is 51.6 Å². The van der Waals surface area contributed by atoms with Gasteiger partial charge < -0.3 is 9.72 Å². The predicted molar refractivity (Wildman–Crippen MR) is 143 cm³/mol. The molecule has 0 amide bonds. The van der Waals surface area contributed by atoms with E-state index in [0.29, 0.717) is 30.9 Å². The van der Waals surface area contributed by atoms with Crippen molar-refractivity contribution in [1.82, 2.24) is 30.1 Å². The van der Waals surface area contributed by atoms with Gasteiger partial charge in [0.2, 0.25) is 0 Å². The Morgan fingerprint density at radius 3 is 2.38 bits per heavy atom. The smallest absolute Gasteiger partial charge is 0.252 e. The molecule has 0 aliphatic carbocycles. The second-order valence-corrected chi connectivity index (χ2v) is 9.07. The summed E-state index contributed by atoms with van der Waals surface area (Å²) in [6.07, 6.45) is 0.782. The summed E-state index contributed by atoms with van der Waals surface area (Å²) in [5.74, 6) is 1.49. The molecule has 0 aliphatic heterocycles. The van der Waals surface area contributed by atoms with Gasteiger partial charge in [-0.3, -0.25) is 9.69 Å². The van der Waals surface area contributed by atoms with Gasteiger partial charge in [0.05, 0.1) is 25.2 Å². The molecule has 188 valence electrons. The van der Waals surface area contributed by atoms with Crippen LogP contribution in [0.4, 0.5) is 0 Å². The Morgan fingerprint density at radius 2 is 1.68 bits per heavy atom. The second-order valence-electron chi connectivity index (χ2n) is 9.07. The van der Waals surface area contributed by atoms with Crippen molar-refractivity contribution in [3.63, 3.8) is 0 Å². The normalized spacial score (nSPS) is 12.2. The molecule has 3 aromatic carbocycles. The van der Waals surface area contributed by atoms with E-state index in [1.807, 2.05) is 65.3 Å². The zero-order chi connectivity index (χ0) is 25.6. The van der Waals surface area contributed by atoms with E-state index in [9.17, 15) is 4.79 Å². The maximum absolute atomic E-state index is 13.2. The van der Waals surface area contributed by atoms with Gasteiger partial charge in [-0.2, -0.15) is 0 Å². The molecule has 8 heteroatoms. The third kappa shape index (κ3) is 5.59. The molecule has 0 unspecified atom stereocenters. The quantitative estimate of drug-likeness (QED) is 0.302. The number of hydrogen-bond acceptors (Lipinski definition) is 6. The zero-order valence-corrected chi connectivity index (χ0v) is 21.0. The first kappa shape index (κ1) is 24.4. The van der Waals surface area contributed by atoms with Gasteiger partial charge in [0.25, 0.3) is 5.56 Å². The van der Waals surface area contributed by atoms with Gasteiger partial charge in [0.1, 0.15) is 5.75 Å². The van der Waals surface area contributed by atoms with Crippen molar-refractivity contribution in [2.45, 2.75) is 39.0 Å². The minimum atomic E-state index is -0.113. The fourth-order valence-corrected chi connectivity index (χ4v) is 4.71. The minimum Gasteiger partial charge on any atom is -0.497 e. The van der Waals surface area contributed by atoms with Crippen LogP contribution in [0.25, 0.3) is 10.9 Å². The summed E-state index contributed by atoms with van der Waals surface area (Å²) in [6, 6.07) is 28.0. The van der Waals surface area contributed by atoms with Gasteiger partial charge in [-0.1, -0.05) is 67.6 Å². The molecule has 1 N–H and O–H groups in total. The van der Waals surface area contributed by atoms with Crippen molar-refractivity contribution in [2.24, 2.45) is 0 Å². The molecule has 0 saturated heterocycles. The summed E-state index contributed by atoms with van der Waals surface area (Å²) in [6.45, 7) is 3.80. The highest BCUT2D eigenvalue weighted by Crippen LogP contribution is 2.27. The fourth-order valence-electron chi connectivity index (χ4n) is 4.71. The Labute approximate surface area is 215 Å². The third-order valence-corrected chi connectivity index (χ3v) is 6.59. The topological polar surface area (TPSA) is 88.9 Å². The van der Waals surface area contributed by atoms with Crippen LogP contribution in [-0.4, -0.2) is 37.2 Å². The molecular formula is C29H30N6O2. The molecule has 37 heavy (non-hydrogen) atoms. The maximum Gasteiger partial charge on any atom is 0.252 e. The van der Waals surface area contributed by atoms with Crippen LogP contribution in [0.15, 0.2) is 89.7 Å². The number of aromatic nitrogens is 5. The number of fused-ring (bicyclic) bond motifs is 1. The summed E-state index contributed by atoms with van der Waals surface area (Å²) < 4.78 is 7.17. The van der Waals surface area contributed by atoms with Crippen LogP contribution in [0.3, 0.4) is 0 Å². The number of benzene rings is 3. The number of nitrogens with zero attached hydrogens (tertiary/aromatic N) is 5. The molecule has 2 heterocycles. The van der Waals surface area contributed by atoms with Crippen LogP contribution < -0.4 is 10.3 Å². The zero-order valence-electron chi connectivity index (χ0n) is 21.0. The highest BCUT2D eigenvalue weighted by Gasteiger charge is 2.26. The van der Waals surface area contributed by atoms with E-state index < -0.39 is 0 Å². The Hall–Kier alpha value is -4.30. The van der Waals surface area contributed by atoms with Gasteiger partial charge in [0.15, 0.2) is 5.82 Å². The van der Waals surface area contributed by atoms with Crippen LogP contribution in [0.2, 0.25) is 0 Å². The lowest BCUT2D eigenvalue weighted by molar-refractivity contribution is 0.161. The summed E-state index contributed by atoms with van der Waals surface area (Å²) in [5, 5.41) is 13.7. The number of pyridine rings is 1. The molecule has 5 rings (SSSR count). The lowest BCUT2D eigenvalue weighted by atomic mass is 10.1. The highest BCUT2D eigenvalue weighted by atomic mass is 16.5. The average Bonchev–Trinajstić information content (AvgIpc) is 3.38. The summed E-state index contributed by atoms with van der Waals surface area (Å²) in [7, 11) is 1.62. The predicted octanol–water partition coefficient (Wildman–Crippen LogP) is 4.73. The van der Waals surface area contributed by atoms with Crippen molar-refractivity contribution in [1.29, 1.82) is 0 Å². The number of hydrogen-bond donors (Lipinski definition) is 1. The standard InChI is InChI=1S/C29H30N6O2/c1-3-27(28-31-32-33-35(28)19-22-12-8-5-9-13-22)34(18-21-10-6-4-7-11-21)20-24-16-23-14-15-25(37-2)17-26(23)30-29(24)36/h4-17,27H,3,18-20H2,1-2H3,(H,30,36)/t27-/m1/s1. The second kappa shape index (κ2) is 11.2. The number of H-pyrrole nitrogens is 1. The number of ether oxygens (including phenoxy) is 1. The summed E-state index contributed by atoms with van der Waals surface area (Å²) >= 11 is 0. The molecule has 0 spiro atoms. The number of tetrazole rings is 1. The van der Waals surface area contributed by atoms with E-state index in [4.69, 9.17) is 4.74 Å². The Morgan fingerprint density at radius 1 is 0.946 bits per heavy atom. The fraction of sp³-hybridized carbons (Fsp3) is 0.241. The van der Waals surface area contributed by atoms with Crippen LogP contribution in [0.1, 0.15) is 41.9 Å². The van der Waals surface area contributed by atoms with Gasteiger partial charge in [-0.15, -0.1) is 5.10 Å². The summed E-state index contributed by atoms with van der Waals surface area (Å²) in [5.41, 5.74) is 3.61. The van der Waals surface area contributed by atoms with Crippen LogP contribution in [0.5, 0.6) is 5.75 Å². The summed E-state index contributed by atoms with van der Waals surface area (Å²) in [4.78, 5) is 18.5. The minimum absolute atomic E-state index is 0.0927. The number of methoxy groups -OCH3 is 1. The van der Waals surface area contributed by atoms with Crippen molar-refractivity contribution in [3.8, 4) is 5.75 Å². The van der Waals surface area contributed by atoms with E-state index in [-0.39, 0.29) is 11.6 Å². The number of rotatable bonds is 10. The van der Waals surface area contributed by atoms with E-state index >= 15 is 0 Å². The van der Waals surface area contributed by atoms with E-state index in [2.05, 4.69) is 56.6 Å². The Bertz CT molecular complexity index is 1510. The van der Waals surface area contributed by atoms with E-state index in [1.165, 1.54) is 0 Å². The largest absolute Gasteiger partial charge is 0.497 e. The van der Waals surface area contributed by atoms with Crippen molar-refractivity contribution < 1.29 is 4.74 Å². The molecule has 0 saturated carbocycles. The molecule has 5 aromatic rings. The first-order valence-electron chi connectivity index (χ1n) is 12.4. The molecule has 0 aliphatic rings. The molecular weight excluding hydrogens is 464 g/mol. The molecule has 2 aromatic heterocycles. The van der Waals surface area contributed by atoms with Crippen LogP contribution in [0, 0.1) is 0 Å². The average molecular weight is 495 g/mol. The number of aromatic amines is 1. The lowest BCUT2D eigenvalue weighted by Crippen LogP contribution is -2.32. The van der Waals surface area contributed by atoms with E-state index in [0.717, 1.165) is 34.3 Å². The van der Waals surface area contributed by atoms with Crippen molar-refractivity contribution in [3.05, 3.63) is 118 Å². The van der Waals surface area contributed by atoms with E-state index in [1.54, 1.807) is 7.11 Å². The van der Waals surface area contributed by atoms with Gasteiger partial charge >= 0.3 is 0 Å². The van der Waals surface area contributed by atoms with Gasteiger partial charge in [-0.25, -0.2) is 4.68 Å². The van der Waals surface area contributed by atoms with Crippen LogP contribution in [-0.2, 0) is 19.6 Å². The lowest BCUT2D eigenvalue weighted by Gasteiger charge is -2.30. The van der Waals surface area contributed by atoms with Crippen molar-refractivity contribution >= 4 is 10.9 Å². The molecule has 0 bridgehead atoms. The Kier molecular flexibility index (Phi) is 7.37. The molecule has 0 fully saturated rings. The highest BCUT2D eigenvalue weighted by molar-refractivity contribution is 5.80. The maximum atomic E-state index is 13.2. The van der Waals surface area contributed by atoms with Gasteiger partial charge in [0, 0.05) is 24.7 Å². The first-order chi connectivity index (χ1) is 18.1. The first-order valence-corrected chi connectivity index (χ1v) is 12.4. The SMILES string of the molecule is CC[C@H](c1nnnn1Cc1ccccc1)N(Cc1ccccc1)Cc1cc2ccc(OC)cc2[nH]c1=O. The van der Waals surface area contributed by atoms with Crippen LogP contribution >= 0.6 is 0 Å².